The Morgan fingerprint density at radius 3 is 2.74 bits per heavy atom. The molecule has 0 saturated heterocycles. The van der Waals surface area contributed by atoms with Crippen molar-refractivity contribution in [1.82, 2.24) is 0 Å². The SMILES string of the molecule is CCCCOc1ccc(C(N)C2=CCCCO2)cc1. The largest absolute Gasteiger partial charge is 0.496 e. The van der Waals surface area contributed by atoms with Crippen molar-refractivity contribution in [2.24, 2.45) is 5.73 Å². The Balaban J connectivity index is 1.95. The van der Waals surface area contributed by atoms with Gasteiger partial charge in [-0.05, 0) is 43.0 Å². The van der Waals surface area contributed by atoms with Gasteiger partial charge in [0.2, 0.25) is 0 Å². The van der Waals surface area contributed by atoms with Gasteiger partial charge in [0, 0.05) is 0 Å². The number of unbranched alkanes of at least 4 members (excludes halogenated alkanes) is 1. The number of rotatable bonds is 6. The average molecular weight is 261 g/mol. The van der Waals surface area contributed by atoms with Crippen molar-refractivity contribution in [2.45, 2.75) is 38.6 Å². The maximum Gasteiger partial charge on any atom is 0.119 e. The van der Waals surface area contributed by atoms with Crippen LogP contribution in [0.1, 0.15) is 44.2 Å². The summed E-state index contributed by atoms with van der Waals surface area (Å²) >= 11 is 0. The zero-order valence-corrected chi connectivity index (χ0v) is 11.6. The number of hydrogen-bond donors (Lipinski definition) is 1. The summed E-state index contributed by atoms with van der Waals surface area (Å²) in [5.74, 6) is 1.80. The van der Waals surface area contributed by atoms with Gasteiger partial charge >= 0.3 is 0 Å². The summed E-state index contributed by atoms with van der Waals surface area (Å²) in [4.78, 5) is 0. The van der Waals surface area contributed by atoms with E-state index >= 15 is 0 Å². The molecule has 0 amide bonds. The van der Waals surface area contributed by atoms with E-state index in [1.165, 1.54) is 0 Å². The number of hydrogen-bond acceptors (Lipinski definition) is 3. The fourth-order valence-corrected chi connectivity index (χ4v) is 2.06. The van der Waals surface area contributed by atoms with E-state index in [0.29, 0.717) is 0 Å². The molecule has 1 aliphatic heterocycles. The maximum absolute atomic E-state index is 6.21. The van der Waals surface area contributed by atoms with Crippen LogP contribution >= 0.6 is 0 Å². The minimum atomic E-state index is -0.162. The average Bonchev–Trinajstić information content (AvgIpc) is 2.48. The molecule has 2 rings (SSSR count). The summed E-state index contributed by atoms with van der Waals surface area (Å²) < 4.78 is 11.2. The highest BCUT2D eigenvalue weighted by molar-refractivity contribution is 5.32. The van der Waals surface area contributed by atoms with Gasteiger partial charge in [0.25, 0.3) is 0 Å². The Morgan fingerprint density at radius 2 is 2.11 bits per heavy atom. The summed E-state index contributed by atoms with van der Waals surface area (Å²) in [6.45, 7) is 3.71. The Morgan fingerprint density at radius 1 is 1.32 bits per heavy atom. The quantitative estimate of drug-likeness (QED) is 0.796. The first-order chi connectivity index (χ1) is 9.31. The fraction of sp³-hybridized carbons (Fsp3) is 0.500. The number of ether oxygens (including phenoxy) is 2. The van der Waals surface area contributed by atoms with Crippen LogP contribution in [0.5, 0.6) is 5.75 Å². The van der Waals surface area contributed by atoms with E-state index < -0.39 is 0 Å². The van der Waals surface area contributed by atoms with Gasteiger partial charge < -0.3 is 15.2 Å². The molecule has 104 valence electrons. The van der Waals surface area contributed by atoms with E-state index in [9.17, 15) is 0 Å². The summed E-state index contributed by atoms with van der Waals surface area (Å²) in [7, 11) is 0. The number of allylic oxidation sites excluding steroid dienone is 1. The second-order valence-corrected chi connectivity index (χ2v) is 4.85. The van der Waals surface area contributed by atoms with Crippen molar-refractivity contribution in [3.05, 3.63) is 41.7 Å². The zero-order valence-electron chi connectivity index (χ0n) is 11.6. The predicted molar refractivity (Wildman–Crippen MR) is 77.0 cm³/mol. The van der Waals surface area contributed by atoms with E-state index in [-0.39, 0.29) is 6.04 Å². The van der Waals surface area contributed by atoms with Crippen molar-refractivity contribution in [1.29, 1.82) is 0 Å². The highest BCUT2D eigenvalue weighted by Crippen LogP contribution is 2.25. The molecule has 0 radical (unpaired) electrons. The molecular formula is C16H23NO2. The lowest BCUT2D eigenvalue weighted by atomic mass is 10.0. The Labute approximate surface area is 115 Å². The first-order valence-electron chi connectivity index (χ1n) is 7.12. The molecule has 0 fully saturated rings. The normalized spacial score (nSPS) is 16.4. The van der Waals surface area contributed by atoms with E-state index in [0.717, 1.165) is 56.0 Å². The highest BCUT2D eigenvalue weighted by atomic mass is 16.5. The van der Waals surface area contributed by atoms with Crippen LogP contribution in [0.2, 0.25) is 0 Å². The number of benzene rings is 1. The number of nitrogens with two attached hydrogens (primary N) is 1. The molecule has 0 saturated carbocycles. The van der Waals surface area contributed by atoms with E-state index in [2.05, 4.69) is 13.0 Å². The molecule has 1 heterocycles. The summed E-state index contributed by atoms with van der Waals surface area (Å²) in [5, 5.41) is 0. The van der Waals surface area contributed by atoms with Gasteiger partial charge in [-0.15, -0.1) is 0 Å². The molecule has 0 spiro atoms. The molecule has 1 unspecified atom stereocenters. The van der Waals surface area contributed by atoms with Gasteiger partial charge in [-0.25, -0.2) is 0 Å². The molecule has 1 atom stereocenters. The lowest BCUT2D eigenvalue weighted by Gasteiger charge is -2.21. The maximum atomic E-state index is 6.21. The smallest absolute Gasteiger partial charge is 0.119 e. The van der Waals surface area contributed by atoms with Crippen LogP contribution in [-0.2, 0) is 4.74 Å². The topological polar surface area (TPSA) is 44.5 Å². The van der Waals surface area contributed by atoms with Crippen molar-refractivity contribution >= 4 is 0 Å². The van der Waals surface area contributed by atoms with Gasteiger partial charge in [-0.2, -0.15) is 0 Å². The summed E-state index contributed by atoms with van der Waals surface area (Å²) in [5.41, 5.74) is 7.27. The second kappa shape index (κ2) is 7.19. The standard InChI is InChI=1S/C16H23NO2/c1-2-3-11-18-14-9-7-13(8-10-14)16(17)15-6-4-5-12-19-15/h6-10,16H,2-5,11-12,17H2,1H3. The van der Waals surface area contributed by atoms with E-state index in [1.807, 2.05) is 24.3 Å². The fourth-order valence-electron chi connectivity index (χ4n) is 2.06. The van der Waals surface area contributed by atoms with Gasteiger partial charge in [-0.3, -0.25) is 0 Å². The third kappa shape index (κ3) is 4.00. The third-order valence-corrected chi connectivity index (χ3v) is 3.28. The van der Waals surface area contributed by atoms with Crippen LogP contribution in [0.3, 0.4) is 0 Å². The van der Waals surface area contributed by atoms with Crippen LogP contribution in [-0.4, -0.2) is 13.2 Å². The molecule has 19 heavy (non-hydrogen) atoms. The minimum absolute atomic E-state index is 0.162. The van der Waals surface area contributed by atoms with Gasteiger partial charge in [0.05, 0.1) is 19.3 Å². The lowest BCUT2D eigenvalue weighted by molar-refractivity contribution is 0.176. The molecule has 3 nitrogen and oxygen atoms in total. The summed E-state index contributed by atoms with van der Waals surface area (Å²) in [6.07, 6.45) is 6.47. The highest BCUT2D eigenvalue weighted by Gasteiger charge is 2.15. The predicted octanol–water partition coefficient (Wildman–Crippen LogP) is 3.56. The van der Waals surface area contributed by atoms with E-state index in [4.69, 9.17) is 15.2 Å². The second-order valence-electron chi connectivity index (χ2n) is 4.85. The lowest BCUT2D eigenvalue weighted by Crippen LogP contribution is -2.17. The van der Waals surface area contributed by atoms with Crippen LogP contribution in [0.25, 0.3) is 0 Å². The van der Waals surface area contributed by atoms with Crippen LogP contribution in [0.4, 0.5) is 0 Å². The van der Waals surface area contributed by atoms with Crippen LogP contribution in [0, 0.1) is 0 Å². The summed E-state index contributed by atoms with van der Waals surface area (Å²) in [6, 6.07) is 7.84. The molecule has 0 aromatic heterocycles. The molecule has 1 aromatic carbocycles. The Bertz CT molecular complexity index is 411. The van der Waals surface area contributed by atoms with E-state index in [1.54, 1.807) is 0 Å². The Hall–Kier alpha value is -1.48. The van der Waals surface area contributed by atoms with Gasteiger partial charge in [0.15, 0.2) is 0 Å². The van der Waals surface area contributed by atoms with Gasteiger partial charge in [0.1, 0.15) is 11.5 Å². The van der Waals surface area contributed by atoms with Crippen LogP contribution in [0.15, 0.2) is 36.1 Å². The first kappa shape index (κ1) is 13.9. The first-order valence-corrected chi connectivity index (χ1v) is 7.12. The van der Waals surface area contributed by atoms with Crippen molar-refractivity contribution < 1.29 is 9.47 Å². The van der Waals surface area contributed by atoms with Crippen molar-refractivity contribution in [3.63, 3.8) is 0 Å². The van der Waals surface area contributed by atoms with Crippen molar-refractivity contribution in [2.75, 3.05) is 13.2 Å². The molecule has 0 bridgehead atoms. The monoisotopic (exact) mass is 261 g/mol. The molecule has 1 aliphatic rings. The molecular weight excluding hydrogens is 238 g/mol. The Kier molecular flexibility index (Phi) is 5.28. The zero-order chi connectivity index (χ0) is 13.5. The molecule has 3 heteroatoms. The molecule has 1 aromatic rings. The molecule has 2 N–H and O–H groups in total. The van der Waals surface area contributed by atoms with Gasteiger partial charge in [-0.1, -0.05) is 25.5 Å². The van der Waals surface area contributed by atoms with Crippen LogP contribution < -0.4 is 10.5 Å². The minimum Gasteiger partial charge on any atom is -0.496 e. The molecule has 0 aliphatic carbocycles. The third-order valence-electron chi connectivity index (χ3n) is 3.28. The van der Waals surface area contributed by atoms with Crippen molar-refractivity contribution in [3.8, 4) is 5.75 Å².